The van der Waals surface area contributed by atoms with Crippen molar-refractivity contribution in [3.05, 3.63) is 35.9 Å². The summed E-state index contributed by atoms with van der Waals surface area (Å²) in [5, 5.41) is 7.56. The van der Waals surface area contributed by atoms with Crippen molar-refractivity contribution in [1.29, 1.82) is 0 Å². The molecule has 1 fully saturated rings. The number of hydrogen-bond acceptors (Lipinski definition) is 12. The second-order valence-corrected chi connectivity index (χ2v) is 9.14. The lowest BCUT2D eigenvalue weighted by Crippen LogP contribution is -2.68. The van der Waals surface area contributed by atoms with Crippen LogP contribution in [0.4, 0.5) is 4.79 Å². The highest BCUT2D eigenvalue weighted by Crippen LogP contribution is 2.27. The number of rotatable bonds is 13. The van der Waals surface area contributed by atoms with Gasteiger partial charge in [-0.05, 0) is 12.5 Å². The zero-order valence-electron chi connectivity index (χ0n) is 24.1. The van der Waals surface area contributed by atoms with E-state index in [4.69, 9.17) is 28.4 Å². The largest absolute Gasteiger partial charge is 0.465 e. The molecule has 1 aliphatic rings. The fourth-order valence-electron chi connectivity index (χ4n) is 4.16. The third-order valence-corrected chi connectivity index (χ3v) is 5.85. The molecule has 0 saturated carbocycles. The van der Waals surface area contributed by atoms with Crippen molar-refractivity contribution in [1.82, 2.24) is 16.0 Å². The molecule has 0 spiro atoms. The SMILES string of the molecule is CCOC(=O)CNC(=O)[C@H](Cc1ccccc1)NC(=O)N[C@H]1[C@H](OC)O[C@H](COC(C)=O)[C@@H](OC(C)=O)[C@@H]1OC(C)=O. The van der Waals surface area contributed by atoms with E-state index in [9.17, 15) is 28.8 Å². The molecule has 2 rings (SSSR count). The van der Waals surface area contributed by atoms with Gasteiger partial charge >= 0.3 is 29.9 Å². The van der Waals surface area contributed by atoms with Gasteiger partial charge in [-0.1, -0.05) is 30.3 Å². The van der Waals surface area contributed by atoms with Crippen molar-refractivity contribution < 1.29 is 57.2 Å². The Morgan fingerprint density at radius 3 is 2.12 bits per heavy atom. The van der Waals surface area contributed by atoms with E-state index in [1.54, 1.807) is 37.3 Å². The van der Waals surface area contributed by atoms with Crippen LogP contribution in [0.15, 0.2) is 30.3 Å². The van der Waals surface area contributed by atoms with Crippen LogP contribution in [0.1, 0.15) is 33.3 Å². The highest BCUT2D eigenvalue weighted by Gasteiger charge is 2.51. The van der Waals surface area contributed by atoms with Crippen LogP contribution in [-0.4, -0.2) is 99.4 Å². The Morgan fingerprint density at radius 1 is 0.905 bits per heavy atom. The molecule has 1 aromatic rings. The molecule has 3 amide bonds. The van der Waals surface area contributed by atoms with E-state index >= 15 is 0 Å². The quantitative estimate of drug-likeness (QED) is 0.200. The number of methoxy groups -OCH3 is 1. The molecule has 232 valence electrons. The summed E-state index contributed by atoms with van der Waals surface area (Å²) < 4.78 is 31.8. The lowest BCUT2D eigenvalue weighted by atomic mass is 9.96. The van der Waals surface area contributed by atoms with Crippen molar-refractivity contribution in [2.24, 2.45) is 0 Å². The third kappa shape index (κ3) is 11.0. The number of ether oxygens (including phenoxy) is 6. The topological polar surface area (TPSA) is 194 Å². The Hall–Kier alpha value is -4.24. The molecule has 6 atom stereocenters. The Balaban J connectivity index is 2.30. The van der Waals surface area contributed by atoms with E-state index in [0.29, 0.717) is 5.56 Å². The van der Waals surface area contributed by atoms with E-state index in [1.165, 1.54) is 14.0 Å². The molecule has 1 aromatic carbocycles. The molecule has 0 aromatic heterocycles. The van der Waals surface area contributed by atoms with Crippen LogP contribution in [-0.2, 0) is 58.8 Å². The first-order valence-corrected chi connectivity index (χ1v) is 13.1. The van der Waals surface area contributed by atoms with Gasteiger partial charge in [0.25, 0.3) is 0 Å². The minimum absolute atomic E-state index is 0.0612. The zero-order valence-corrected chi connectivity index (χ0v) is 24.1. The van der Waals surface area contributed by atoms with Gasteiger partial charge in [-0.15, -0.1) is 0 Å². The Labute approximate surface area is 242 Å². The summed E-state index contributed by atoms with van der Waals surface area (Å²) in [5.41, 5.74) is 0.714. The van der Waals surface area contributed by atoms with E-state index < -0.39 is 79.0 Å². The first-order chi connectivity index (χ1) is 19.9. The van der Waals surface area contributed by atoms with Gasteiger partial charge in [-0.3, -0.25) is 24.0 Å². The zero-order chi connectivity index (χ0) is 31.2. The molecule has 1 saturated heterocycles. The molecule has 0 aliphatic carbocycles. The fourth-order valence-corrected chi connectivity index (χ4v) is 4.16. The minimum atomic E-state index is -1.35. The first kappa shape index (κ1) is 34.0. The number of nitrogens with one attached hydrogen (secondary N) is 3. The van der Waals surface area contributed by atoms with Crippen molar-refractivity contribution in [2.75, 3.05) is 26.9 Å². The highest BCUT2D eigenvalue weighted by atomic mass is 16.7. The standard InChI is InChI=1S/C27H37N3O12/c1-6-38-21(34)13-28-25(35)19(12-18-10-8-7-9-11-18)29-27(36)30-22-24(41-17(4)33)23(40-16(3)32)20(14-39-15(2)31)42-26(22)37-5/h7-11,19-20,22-24,26H,6,12-14H2,1-5H3,(H,28,35)(H2,29,30,36)/t19-,20+,22+,23+,24+,26+/m0/s1. The van der Waals surface area contributed by atoms with Crippen molar-refractivity contribution in [3.8, 4) is 0 Å². The van der Waals surface area contributed by atoms with E-state index in [-0.39, 0.29) is 19.6 Å². The number of carbonyl (C=O) groups is 6. The van der Waals surface area contributed by atoms with Gasteiger partial charge in [0.2, 0.25) is 5.91 Å². The predicted octanol–water partition coefficient (Wildman–Crippen LogP) is -0.257. The molecule has 0 bridgehead atoms. The molecule has 3 N–H and O–H groups in total. The van der Waals surface area contributed by atoms with Crippen LogP contribution >= 0.6 is 0 Å². The molecule has 0 unspecified atom stereocenters. The summed E-state index contributed by atoms with van der Waals surface area (Å²) >= 11 is 0. The van der Waals surface area contributed by atoms with Gasteiger partial charge in [0.15, 0.2) is 18.5 Å². The van der Waals surface area contributed by atoms with Gasteiger partial charge in [0.05, 0.1) is 6.61 Å². The summed E-state index contributed by atoms with van der Waals surface area (Å²) in [6, 6.07) is 5.52. The lowest BCUT2D eigenvalue weighted by Gasteiger charge is -2.44. The van der Waals surface area contributed by atoms with Crippen molar-refractivity contribution in [3.63, 3.8) is 0 Å². The second kappa shape index (κ2) is 16.9. The number of carbonyl (C=O) groups excluding carboxylic acids is 6. The van der Waals surface area contributed by atoms with Crippen LogP contribution in [0, 0.1) is 0 Å². The highest BCUT2D eigenvalue weighted by molar-refractivity contribution is 5.89. The molecule has 15 heteroatoms. The number of urea groups is 1. The van der Waals surface area contributed by atoms with Gasteiger partial charge in [-0.2, -0.15) is 0 Å². The number of esters is 4. The summed E-state index contributed by atoms with van der Waals surface area (Å²) in [6.45, 7) is 4.38. The molecule has 15 nitrogen and oxygen atoms in total. The van der Waals surface area contributed by atoms with Crippen LogP contribution in [0.3, 0.4) is 0 Å². The maximum absolute atomic E-state index is 13.3. The third-order valence-electron chi connectivity index (χ3n) is 5.85. The number of benzene rings is 1. The number of amides is 3. The van der Waals surface area contributed by atoms with Crippen molar-refractivity contribution in [2.45, 2.75) is 70.8 Å². The lowest BCUT2D eigenvalue weighted by molar-refractivity contribution is -0.270. The van der Waals surface area contributed by atoms with Crippen LogP contribution < -0.4 is 16.0 Å². The first-order valence-electron chi connectivity index (χ1n) is 13.1. The molecule has 1 heterocycles. The van der Waals surface area contributed by atoms with E-state index in [1.807, 2.05) is 0 Å². The molecule has 42 heavy (non-hydrogen) atoms. The maximum Gasteiger partial charge on any atom is 0.325 e. The Morgan fingerprint density at radius 2 is 1.55 bits per heavy atom. The Bertz CT molecular complexity index is 1100. The van der Waals surface area contributed by atoms with Crippen LogP contribution in [0.2, 0.25) is 0 Å². The summed E-state index contributed by atoms with van der Waals surface area (Å²) in [5.74, 6) is -3.48. The molecule has 0 radical (unpaired) electrons. The second-order valence-electron chi connectivity index (χ2n) is 9.14. The minimum Gasteiger partial charge on any atom is -0.465 e. The van der Waals surface area contributed by atoms with E-state index in [2.05, 4.69) is 16.0 Å². The predicted molar refractivity (Wildman–Crippen MR) is 142 cm³/mol. The van der Waals surface area contributed by atoms with Crippen LogP contribution in [0.25, 0.3) is 0 Å². The maximum atomic E-state index is 13.3. The van der Waals surface area contributed by atoms with Gasteiger partial charge < -0.3 is 44.4 Å². The van der Waals surface area contributed by atoms with Gasteiger partial charge in [0.1, 0.15) is 31.3 Å². The number of hydrogen-bond donors (Lipinski definition) is 3. The van der Waals surface area contributed by atoms with E-state index in [0.717, 1.165) is 13.8 Å². The monoisotopic (exact) mass is 595 g/mol. The average molecular weight is 596 g/mol. The Kier molecular flexibility index (Phi) is 13.7. The van der Waals surface area contributed by atoms with Crippen molar-refractivity contribution >= 4 is 35.8 Å². The molecular formula is C27H37N3O12. The normalized spacial score (nSPS) is 22.1. The summed E-state index contributed by atoms with van der Waals surface area (Å²) in [4.78, 5) is 73.4. The fraction of sp³-hybridized carbons (Fsp3) is 0.556. The van der Waals surface area contributed by atoms with Gasteiger partial charge in [-0.25, -0.2) is 4.79 Å². The van der Waals surface area contributed by atoms with Gasteiger partial charge in [0, 0.05) is 34.3 Å². The molecular weight excluding hydrogens is 558 g/mol. The summed E-state index contributed by atoms with van der Waals surface area (Å²) in [6.07, 6.45) is -4.98. The van der Waals surface area contributed by atoms with Crippen LogP contribution in [0.5, 0.6) is 0 Å². The smallest absolute Gasteiger partial charge is 0.325 e. The summed E-state index contributed by atoms with van der Waals surface area (Å²) in [7, 11) is 1.26. The average Bonchev–Trinajstić information content (AvgIpc) is 2.92. The molecule has 1 aliphatic heterocycles.